The second kappa shape index (κ2) is 7.17. The molecule has 0 saturated carbocycles. The van der Waals surface area contributed by atoms with Gasteiger partial charge in [0.25, 0.3) is 0 Å². The maximum absolute atomic E-state index is 12.5. The Kier molecular flexibility index (Phi) is 5.00. The third kappa shape index (κ3) is 3.75. The van der Waals surface area contributed by atoms with Crippen molar-refractivity contribution < 1.29 is 9.90 Å². The van der Waals surface area contributed by atoms with E-state index < -0.39 is 6.10 Å². The largest absolute Gasteiger partial charge is 0.385 e. The van der Waals surface area contributed by atoms with Gasteiger partial charge in [0.05, 0.1) is 0 Å². The monoisotopic (exact) mass is 318 g/mol. The molecule has 1 aliphatic heterocycles. The first-order valence-electron chi connectivity index (χ1n) is 8.52. The van der Waals surface area contributed by atoms with Crippen LogP contribution in [0.25, 0.3) is 0 Å². The molecular weight excluding hydrogens is 292 g/mol. The van der Waals surface area contributed by atoms with Gasteiger partial charge in [0.2, 0.25) is 0 Å². The van der Waals surface area contributed by atoms with E-state index in [0.717, 1.165) is 38.6 Å². The minimum atomic E-state index is -0.625. The number of hydrogen-bond acceptors (Lipinski definition) is 3. The second-order valence-electron chi connectivity index (χ2n) is 6.60. The van der Waals surface area contributed by atoms with Crippen molar-refractivity contribution in [3.8, 4) is 0 Å². The van der Waals surface area contributed by atoms with Crippen LogP contribution < -0.4 is 5.32 Å². The quantitative estimate of drug-likeness (QED) is 0.837. The van der Waals surface area contributed by atoms with Gasteiger partial charge >= 0.3 is 6.03 Å². The Balaban J connectivity index is 1.59. The van der Waals surface area contributed by atoms with E-state index in [0.29, 0.717) is 12.4 Å². The number of nitrogens with one attached hydrogen (secondary N) is 1. The maximum atomic E-state index is 12.5. The predicted octanol–water partition coefficient (Wildman–Crippen LogP) is 1.98. The molecule has 6 heteroatoms. The average molecular weight is 318 g/mol. The van der Waals surface area contributed by atoms with Gasteiger partial charge in [0.15, 0.2) is 0 Å². The fourth-order valence-corrected chi connectivity index (χ4v) is 3.51. The summed E-state index contributed by atoms with van der Waals surface area (Å²) in [6.07, 6.45) is 12.2. The number of hydrogen-bond donors (Lipinski definition) is 2. The molecular formula is C17H26N4O2. The van der Waals surface area contributed by atoms with Crippen LogP contribution in [0, 0.1) is 5.92 Å². The summed E-state index contributed by atoms with van der Waals surface area (Å²) in [5.74, 6) is 0.713. The first kappa shape index (κ1) is 16.1. The number of aryl methyl sites for hydroxylation is 1. The highest BCUT2D eigenvalue weighted by Gasteiger charge is 2.31. The van der Waals surface area contributed by atoms with E-state index >= 15 is 0 Å². The number of aliphatic hydroxyl groups excluding tert-OH is 1. The smallest absolute Gasteiger partial charge is 0.317 e. The average Bonchev–Trinajstić information content (AvgIpc) is 3.01. The van der Waals surface area contributed by atoms with Gasteiger partial charge in [-0.25, -0.2) is 9.78 Å². The number of nitrogens with zero attached hydrogens (tertiary/aromatic N) is 3. The van der Waals surface area contributed by atoms with Gasteiger partial charge in [0, 0.05) is 44.5 Å². The van der Waals surface area contributed by atoms with Crippen molar-refractivity contribution in [3.63, 3.8) is 0 Å². The number of amides is 2. The lowest BCUT2D eigenvalue weighted by atomic mass is 9.92. The number of aromatic nitrogens is 2. The molecule has 0 spiro atoms. The molecule has 23 heavy (non-hydrogen) atoms. The van der Waals surface area contributed by atoms with E-state index in [-0.39, 0.29) is 18.0 Å². The van der Waals surface area contributed by atoms with Crippen LogP contribution in [0.4, 0.5) is 4.79 Å². The molecule has 0 aromatic carbocycles. The Hall–Kier alpha value is -1.82. The highest BCUT2D eigenvalue weighted by Crippen LogP contribution is 2.28. The summed E-state index contributed by atoms with van der Waals surface area (Å²) in [6.45, 7) is 1.34. The highest BCUT2D eigenvalue weighted by atomic mass is 16.3. The van der Waals surface area contributed by atoms with E-state index in [4.69, 9.17) is 0 Å². The molecule has 2 amide bonds. The van der Waals surface area contributed by atoms with Gasteiger partial charge in [-0.05, 0) is 32.1 Å². The Morgan fingerprint density at radius 2 is 2.30 bits per heavy atom. The molecule has 2 aliphatic rings. The first-order chi connectivity index (χ1) is 11.1. The molecule has 3 atom stereocenters. The zero-order valence-corrected chi connectivity index (χ0v) is 13.7. The van der Waals surface area contributed by atoms with Crippen LogP contribution in [0.2, 0.25) is 0 Å². The minimum absolute atomic E-state index is 0.0155. The summed E-state index contributed by atoms with van der Waals surface area (Å²) in [7, 11) is 1.88. The molecule has 0 radical (unpaired) electrons. The first-order valence-corrected chi connectivity index (χ1v) is 8.52. The number of imidazole rings is 1. The molecule has 1 fully saturated rings. The topological polar surface area (TPSA) is 70.4 Å². The van der Waals surface area contributed by atoms with Gasteiger partial charge in [-0.3, -0.25) is 0 Å². The molecule has 1 aromatic heterocycles. The van der Waals surface area contributed by atoms with Crippen molar-refractivity contribution >= 4 is 6.03 Å². The number of rotatable bonds is 3. The number of aliphatic hydroxyl groups is 1. The molecule has 1 aromatic rings. The Morgan fingerprint density at radius 1 is 1.43 bits per heavy atom. The van der Waals surface area contributed by atoms with Gasteiger partial charge < -0.3 is 19.9 Å². The van der Waals surface area contributed by atoms with Crippen molar-refractivity contribution in [2.75, 3.05) is 13.1 Å². The number of carbonyl (C=O) groups is 1. The van der Waals surface area contributed by atoms with Gasteiger partial charge in [-0.15, -0.1) is 0 Å². The molecule has 1 aliphatic carbocycles. The van der Waals surface area contributed by atoms with Crippen LogP contribution in [0.1, 0.15) is 44.0 Å². The van der Waals surface area contributed by atoms with Crippen LogP contribution in [0.3, 0.4) is 0 Å². The molecule has 0 bridgehead atoms. The predicted molar refractivity (Wildman–Crippen MR) is 87.8 cm³/mol. The molecule has 126 valence electrons. The Labute approximate surface area is 137 Å². The zero-order valence-electron chi connectivity index (χ0n) is 13.7. The fourth-order valence-electron chi connectivity index (χ4n) is 3.51. The minimum Gasteiger partial charge on any atom is -0.385 e. The number of allylic oxidation sites excluding steroid dienone is 1. The number of urea groups is 1. The SMILES string of the molecule is Cn1ccnc1C(O)C1CCCN(C(=O)NC2C=CCCC2)C1. The zero-order chi connectivity index (χ0) is 16.2. The normalized spacial score (nSPS) is 26.1. The summed E-state index contributed by atoms with van der Waals surface area (Å²) in [6, 6.07) is 0.134. The number of piperidine rings is 1. The maximum Gasteiger partial charge on any atom is 0.317 e. The summed E-state index contributed by atoms with van der Waals surface area (Å²) in [5.41, 5.74) is 0. The van der Waals surface area contributed by atoms with Crippen molar-refractivity contribution in [1.82, 2.24) is 19.8 Å². The van der Waals surface area contributed by atoms with Crippen molar-refractivity contribution in [3.05, 3.63) is 30.4 Å². The number of carbonyl (C=O) groups excluding carboxylic acids is 1. The van der Waals surface area contributed by atoms with Crippen LogP contribution in [0.5, 0.6) is 0 Å². The number of likely N-dealkylation sites (tertiary alicyclic amines) is 1. The molecule has 6 nitrogen and oxygen atoms in total. The lowest BCUT2D eigenvalue weighted by molar-refractivity contribution is 0.0529. The molecule has 1 saturated heterocycles. The van der Waals surface area contributed by atoms with Crippen LogP contribution >= 0.6 is 0 Å². The fraction of sp³-hybridized carbons (Fsp3) is 0.647. The molecule has 2 N–H and O–H groups in total. The van der Waals surface area contributed by atoms with E-state index in [9.17, 15) is 9.90 Å². The van der Waals surface area contributed by atoms with E-state index in [1.54, 1.807) is 6.20 Å². The molecule has 3 rings (SSSR count). The summed E-state index contributed by atoms with van der Waals surface area (Å²) < 4.78 is 1.84. The van der Waals surface area contributed by atoms with Crippen molar-refractivity contribution in [2.45, 2.75) is 44.2 Å². The Morgan fingerprint density at radius 3 is 3.00 bits per heavy atom. The lowest BCUT2D eigenvalue weighted by Gasteiger charge is -2.35. The summed E-state index contributed by atoms with van der Waals surface area (Å²) >= 11 is 0. The van der Waals surface area contributed by atoms with Gasteiger partial charge in [0.1, 0.15) is 11.9 Å². The summed E-state index contributed by atoms with van der Waals surface area (Å²) in [4.78, 5) is 18.5. The van der Waals surface area contributed by atoms with E-state index in [1.165, 1.54) is 0 Å². The standard InChI is InChI=1S/C17H26N4O2/c1-20-11-9-18-16(20)15(22)13-6-5-10-21(12-13)17(23)19-14-7-3-2-4-8-14/h3,7,9,11,13-15,22H,2,4-6,8,10,12H2,1H3,(H,19,23). The third-order valence-electron chi connectivity index (χ3n) is 4.88. The van der Waals surface area contributed by atoms with Gasteiger partial charge in [-0.2, -0.15) is 0 Å². The second-order valence-corrected chi connectivity index (χ2v) is 6.60. The van der Waals surface area contributed by atoms with Crippen molar-refractivity contribution in [2.24, 2.45) is 13.0 Å². The van der Waals surface area contributed by atoms with Crippen LogP contribution in [0.15, 0.2) is 24.5 Å². The van der Waals surface area contributed by atoms with Crippen molar-refractivity contribution in [1.29, 1.82) is 0 Å². The van der Waals surface area contributed by atoms with Crippen LogP contribution in [-0.4, -0.2) is 44.7 Å². The third-order valence-corrected chi connectivity index (χ3v) is 4.88. The van der Waals surface area contributed by atoms with E-state index in [1.807, 2.05) is 22.7 Å². The summed E-state index contributed by atoms with van der Waals surface area (Å²) in [5, 5.41) is 13.7. The lowest BCUT2D eigenvalue weighted by Crippen LogP contribution is -2.49. The molecule has 2 heterocycles. The van der Waals surface area contributed by atoms with Gasteiger partial charge in [-0.1, -0.05) is 12.2 Å². The van der Waals surface area contributed by atoms with E-state index in [2.05, 4.69) is 22.5 Å². The highest BCUT2D eigenvalue weighted by molar-refractivity contribution is 5.75. The van der Waals surface area contributed by atoms with Crippen LogP contribution in [-0.2, 0) is 7.05 Å². The Bertz CT molecular complexity index is 569. The molecule has 3 unspecified atom stereocenters.